The second-order valence-electron chi connectivity index (χ2n) is 4.65. The number of aromatic nitrogens is 2. The molecule has 0 atom stereocenters. The highest BCUT2D eigenvalue weighted by Gasteiger charge is 2.33. The average molecular weight is 391 g/mol. The van der Waals surface area contributed by atoms with Crippen LogP contribution in [0.25, 0.3) is 0 Å². The Labute approximate surface area is 139 Å². The van der Waals surface area contributed by atoms with Gasteiger partial charge in [-0.1, -0.05) is 22.0 Å². The van der Waals surface area contributed by atoms with Gasteiger partial charge < -0.3 is 15.7 Å². The summed E-state index contributed by atoms with van der Waals surface area (Å²) in [5, 5.41) is 14.2. The van der Waals surface area contributed by atoms with Crippen LogP contribution in [0, 0.1) is 6.92 Å². The highest BCUT2D eigenvalue weighted by atomic mass is 79.9. The van der Waals surface area contributed by atoms with Crippen molar-refractivity contribution in [1.29, 1.82) is 0 Å². The van der Waals surface area contributed by atoms with Gasteiger partial charge in [-0.15, -0.1) is 0 Å². The SMILES string of the molecule is Cc1c(Br)cccc1Nc1cc(C(F)(F)F)nc(NCCO)n1. The van der Waals surface area contributed by atoms with Crippen LogP contribution in [-0.2, 0) is 6.18 Å². The van der Waals surface area contributed by atoms with Crippen LogP contribution in [-0.4, -0.2) is 28.2 Å². The predicted octanol–water partition coefficient (Wildman–Crippen LogP) is 3.71. The van der Waals surface area contributed by atoms with E-state index in [-0.39, 0.29) is 24.9 Å². The Hall–Kier alpha value is -1.87. The summed E-state index contributed by atoms with van der Waals surface area (Å²) in [6.07, 6.45) is -4.60. The zero-order valence-electron chi connectivity index (χ0n) is 12.1. The lowest BCUT2D eigenvalue weighted by molar-refractivity contribution is -0.141. The van der Waals surface area contributed by atoms with Crippen molar-refractivity contribution in [3.05, 3.63) is 40.0 Å². The highest BCUT2D eigenvalue weighted by Crippen LogP contribution is 2.31. The fourth-order valence-corrected chi connectivity index (χ4v) is 2.15. The zero-order valence-corrected chi connectivity index (χ0v) is 13.7. The van der Waals surface area contributed by atoms with Crippen molar-refractivity contribution in [1.82, 2.24) is 9.97 Å². The van der Waals surface area contributed by atoms with E-state index in [0.717, 1.165) is 16.1 Å². The van der Waals surface area contributed by atoms with Crippen molar-refractivity contribution < 1.29 is 18.3 Å². The number of halogens is 4. The standard InChI is InChI=1S/C14H14BrF3N4O/c1-8-9(15)3-2-4-10(8)20-12-7-11(14(16,17)18)21-13(22-12)19-5-6-23/h2-4,7,23H,5-6H2,1H3,(H2,19,20,21,22). The number of alkyl halides is 3. The molecule has 5 nitrogen and oxygen atoms in total. The smallest absolute Gasteiger partial charge is 0.395 e. The molecule has 0 fully saturated rings. The zero-order chi connectivity index (χ0) is 17.0. The molecule has 0 amide bonds. The van der Waals surface area contributed by atoms with Crippen molar-refractivity contribution in [3.8, 4) is 0 Å². The molecule has 2 aromatic rings. The van der Waals surface area contributed by atoms with Gasteiger partial charge in [-0.25, -0.2) is 4.98 Å². The van der Waals surface area contributed by atoms with Gasteiger partial charge in [-0.05, 0) is 24.6 Å². The van der Waals surface area contributed by atoms with Gasteiger partial charge in [0.15, 0.2) is 5.69 Å². The van der Waals surface area contributed by atoms with Crippen LogP contribution in [0.15, 0.2) is 28.7 Å². The quantitative estimate of drug-likeness (QED) is 0.725. The second kappa shape index (κ2) is 7.14. The van der Waals surface area contributed by atoms with E-state index in [1.165, 1.54) is 0 Å². The lowest BCUT2D eigenvalue weighted by Gasteiger charge is -2.14. The highest BCUT2D eigenvalue weighted by molar-refractivity contribution is 9.10. The summed E-state index contributed by atoms with van der Waals surface area (Å²) in [6.45, 7) is 1.63. The molecule has 0 aliphatic rings. The first-order chi connectivity index (χ1) is 10.8. The van der Waals surface area contributed by atoms with Crippen molar-refractivity contribution in [2.45, 2.75) is 13.1 Å². The maximum Gasteiger partial charge on any atom is 0.433 e. The van der Waals surface area contributed by atoms with Crippen LogP contribution in [0.1, 0.15) is 11.3 Å². The van der Waals surface area contributed by atoms with Gasteiger partial charge in [0.2, 0.25) is 5.95 Å². The van der Waals surface area contributed by atoms with E-state index in [9.17, 15) is 13.2 Å². The summed E-state index contributed by atoms with van der Waals surface area (Å²) < 4.78 is 39.7. The summed E-state index contributed by atoms with van der Waals surface area (Å²) in [4.78, 5) is 7.41. The molecule has 0 radical (unpaired) electrons. The molecular formula is C14H14BrF3N4O. The van der Waals surface area contributed by atoms with Gasteiger partial charge >= 0.3 is 6.18 Å². The number of rotatable bonds is 5. The van der Waals surface area contributed by atoms with E-state index in [1.54, 1.807) is 12.1 Å². The molecule has 0 saturated heterocycles. The maximum atomic E-state index is 12.9. The largest absolute Gasteiger partial charge is 0.433 e. The molecule has 0 saturated carbocycles. The Morgan fingerprint density at radius 2 is 2.00 bits per heavy atom. The number of nitrogens with zero attached hydrogens (tertiary/aromatic N) is 2. The maximum absolute atomic E-state index is 12.9. The summed E-state index contributed by atoms with van der Waals surface area (Å²) in [5.74, 6) is -0.196. The Balaban J connectivity index is 2.38. The molecule has 124 valence electrons. The second-order valence-corrected chi connectivity index (χ2v) is 5.50. The molecular weight excluding hydrogens is 377 g/mol. The summed E-state index contributed by atoms with van der Waals surface area (Å²) >= 11 is 3.36. The molecule has 1 aromatic heterocycles. The Bertz CT molecular complexity index is 694. The fourth-order valence-electron chi connectivity index (χ4n) is 1.78. The topological polar surface area (TPSA) is 70.1 Å². The van der Waals surface area contributed by atoms with Crippen LogP contribution in [0.4, 0.5) is 30.6 Å². The van der Waals surface area contributed by atoms with Crippen LogP contribution >= 0.6 is 15.9 Å². The van der Waals surface area contributed by atoms with E-state index in [0.29, 0.717) is 5.69 Å². The summed E-state index contributed by atoms with van der Waals surface area (Å²) in [6, 6.07) is 6.16. The fraction of sp³-hybridized carbons (Fsp3) is 0.286. The number of hydrogen-bond acceptors (Lipinski definition) is 5. The van der Waals surface area contributed by atoms with Crippen molar-refractivity contribution >= 4 is 33.4 Å². The lowest BCUT2D eigenvalue weighted by atomic mass is 10.2. The molecule has 9 heteroatoms. The minimum absolute atomic E-state index is 0.00830. The van der Waals surface area contributed by atoms with Crippen LogP contribution in [0.3, 0.4) is 0 Å². The minimum atomic E-state index is -4.60. The minimum Gasteiger partial charge on any atom is -0.395 e. The molecule has 23 heavy (non-hydrogen) atoms. The number of nitrogens with one attached hydrogen (secondary N) is 2. The first-order valence-electron chi connectivity index (χ1n) is 6.64. The van der Waals surface area contributed by atoms with E-state index in [1.807, 2.05) is 13.0 Å². The third-order valence-corrected chi connectivity index (χ3v) is 3.80. The molecule has 0 bridgehead atoms. The van der Waals surface area contributed by atoms with E-state index >= 15 is 0 Å². The number of anilines is 3. The number of benzene rings is 1. The van der Waals surface area contributed by atoms with E-state index in [4.69, 9.17) is 5.11 Å². The molecule has 1 heterocycles. The average Bonchev–Trinajstić information content (AvgIpc) is 2.49. The molecule has 0 aliphatic carbocycles. The molecule has 0 aliphatic heterocycles. The van der Waals surface area contributed by atoms with Crippen molar-refractivity contribution in [3.63, 3.8) is 0 Å². The third-order valence-electron chi connectivity index (χ3n) is 2.94. The number of aliphatic hydroxyl groups is 1. The molecule has 3 N–H and O–H groups in total. The van der Waals surface area contributed by atoms with Crippen molar-refractivity contribution in [2.24, 2.45) is 0 Å². The van der Waals surface area contributed by atoms with Gasteiger partial charge in [-0.3, -0.25) is 0 Å². The van der Waals surface area contributed by atoms with Crippen LogP contribution < -0.4 is 10.6 Å². The van der Waals surface area contributed by atoms with Crippen LogP contribution in [0.5, 0.6) is 0 Å². The summed E-state index contributed by atoms with van der Waals surface area (Å²) in [7, 11) is 0. The molecule has 1 aromatic carbocycles. The lowest BCUT2D eigenvalue weighted by Crippen LogP contribution is -2.15. The van der Waals surface area contributed by atoms with Crippen LogP contribution in [0.2, 0.25) is 0 Å². The number of hydrogen-bond donors (Lipinski definition) is 3. The van der Waals surface area contributed by atoms with E-state index in [2.05, 4.69) is 36.5 Å². The van der Waals surface area contributed by atoms with Gasteiger partial charge in [-0.2, -0.15) is 18.2 Å². The van der Waals surface area contributed by atoms with Gasteiger partial charge in [0.05, 0.1) is 6.61 Å². The monoisotopic (exact) mass is 390 g/mol. The van der Waals surface area contributed by atoms with Crippen molar-refractivity contribution in [2.75, 3.05) is 23.8 Å². The third kappa shape index (κ3) is 4.55. The Morgan fingerprint density at radius 3 is 2.65 bits per heavy atom. The first-order valence-corrected chi connectivity index (χ1v) is 7.43. The first kappa shape index (κ1) is 17.5. The Morgan fingerprint density at radius 1 is 1.26 bits per heavy atom. The Kier molecular flexibility index (Phi) is 5.42. The van der Waals surface area contributed by atoms with Gasteiger partial charge in [0.25, 0.3) is 0 Å². The normalized spacial score (nSPS) is 11.4. The van der Waals surface area contributed by atoms with Gasteiger partial charge in [0, 0.05) is 22.8 Å². The molecule has 0 spiro atoms. The summed E-state index contributed by atoms with van der Waals surface area (Å²) in [5.41, 5.74) is 0.395. The van der Waals surface area contributed by atoms with E-state index < -0.39 is 11.9 Å². The molecule has 2 rings (SSSR count). The number of aliphatic hydroxyl groups excluding tert-OH is 1. The predicted molar refractivity (Wildman–Crippen MR) is 84.8 cm³/mol. The van der Waals surface area contributed by atoms with Gasteiger partial charge in [0.1, 0.15) is 5.82 Å². The molecule has 0 unspecified atom stereocenters.